The quantitative estimate of drug-likeness (QED) is 0.715. The van der Waals surface area contributed by atoms with E-state index in [9.17, 15) is 4.79 Å². The van der Waals surface area contributed by atoms with Crippen LogP contribution in [0.4, 0.5) is 0 Å². The molecule has 3 N–H and O–H groups in total. The van der Waals surface area contributed by atoms with Gasteiger partial charge in [0.05, 0.1) is 17.4 Å². The van der Waals surface area contributed by atoms with Crippen LogP contribution < -0.4 is 11.1 Å². The Bertz CT molecular complexity index is 938. The first-order valence-electron chi connectivity index (χ1n) is 9.32. The molecule has 1 saturated heterocycles. The second-order valence-electron chi connectivity index (χ2n) is 6.90. The Hall–Kier alpha value is -2.77. The van der Waals surface area contributed by atoms with Gasteiger partial charge in [0.2, 0.25) is 11.7 Å². The number of amides is 1. The van der Waals surface area contributed by atoms with Crippen molar-refractivity contribution in [2.45, 2.75) is 32.0 Å². The van der Waals surface area contributed by atoms with E-state index in [1.807, 2.05) is 53.9 Å². The highest BCUT2D eigenvalue weighted by atomic mass is 16.2. The van der Waals surface area contributed by atoms with E-state index in [1.165, 1.54) is 0 Å². The van der Waals surface area contributed by atoms with Gasteiger partial charge in [0.25, 0.3) is 0 Å². The summed E-state index contributed by atoms with van der Waals surface area (Å²) in [4.78, 5) is 23.8. The predicted octanol–water partition coefficient (Wildman–Crippen LogP) is 1.43. The zero-order valence-corrected chi connectivity index (χ0v) is 15.4. The summed E-state index contributed by atoms with van der Waals surface area (Å²) >= 11 is 0. The summed E-state index contributed by atoms with van der Waals surface area (Å²) in [5.41, 5.74) is 9.14. The van der Waals surface area contributed by atoms with Crippen LogP contribution in [0.25, 0.3) is 17.0 Å². The Balaban J connectivity index is 1.73. The molecule has 0 spiro atoms. The molecule has 7 heteroatoms. The van der Waals surface area contributed by atoms with Crippen molar-refractivity contribution in [3.8, 4) is 11.3 Å². The molecule has 4 rings (SSSR count). The molecule has 0 aliphatic carbocycles. The molecule has 0 bridgehead atoms. The largest absolute Gasteiger partial charge is 0.355 e. The van der Waals surface area contributed by atoms with Crippen LogP contribution in [0.15, 0.2) is 48.8 Å². The summed E-state index contributed by atoms with van der Waals surface area (Å²) in [6, 6.07) is 11.7. The normalized spacial score (nSPS) is 20.2. The topological polar surface area (TPSA) is 88.5 Å². The molecule has 1 aliphatic rings. The van der Waals surface area contributed by atoms with E-state index >= 15 is 0 Å². The Morgan fingerprint density at radius 1 is 1.30 bits per heavy atom. The summed E-state index contributed by atoms with van der Waals surface area (Å²) in [7, 11) is 0. The SMILES string of the molecule is CCNC(=O)[C@@H]1C[C@@H](N)CN1Cc1c(-c2ccccc2)nc2ncccn12. The maximum atomic E-state index is 12.5. The second-order valence-corrected chi connectivity index (χ2v) is 6.90. The lowest BCUT2D eigenvalue weighted by atomic mass is 10.1. The fraction of sp³-hybridized carbons (Fsp3) is 0.350. The van der Waals surface area contributed by atoms with Crippen molar-refractivity contribution in [2.24, 2.45) is 5.73 Å². The lowest BCUT2D eigenvalue weighted by molar-refractivity contribution is -0.125. The molecule has 0 saturated carbocycles. The lowest BCUT2D eigenvalue weighted by Crippen LogP contribution is -2.43. The molecule has 1 aromatic carbocycles. The highest BCUT2D eigenvalue weighted by molar-refractivity contribution is 5.82. The molecular weight excluding hydrogens is 340 g/mol. The number of nitrogens with one attached hydrogen (secondary N) is 1. The summed E-state index contributed by atoms with van der Waals surface area (Å²) in [5, 5.41) is 2.93. The molecule has 0 radical (unpaired) electrons. The number of rotatable bonds is 5. The van der Waals surface area contributed by atoms with Crippen LogP contribution in [0.2, 0.25) is 0 Å². The maximum absolute atomic E-state index is 12.5. The number of carbonyl (C=O) groups excluding carboxylic acids is 1. The third-order valence-corrected chi connectivity index (χ3v) is 4.99. The fourth-order valence-electron chi connectivity index (χ4n) is 3.78. The molecule has 1 aliphatic heterocycles. The van der Waals surface area contributed by atoms with E-state index < -0.39 is 0 Å². The minimum atomic E-state index is -0.217. The van der Waals surface area contributed by atoms with Crippen molar-refractivity contribution in [1.82, 2.24) is 24.6 Å². The average Bonchev–Trinajstić information content (AvgIpc) is 3.24. The molecule has 7 nitrogen and oxygen atoms in total. The molecule has 1 amide bonds. The van der Waals surface area contributed by atoms with Gasteiger partial charge in [-0.3, -0.25) is 14.1 Å². The summed E-state index contributed by atoms with van der Waals surface area (Å²) in [6.45, 7) is 3.82. The van der Waals surface area contributed by atoms with Gasteiger partial charge in [0.1, 0.15) is 0 Å². The summed E-state index contributed by atoms with van der Waals surface area (Å²) in [5.74, 6) is 0.697. The number of benzene rings is 1. The number of likely N-dealkylation sites (N-methyl/N-ethyl adjacent to an activating group) is 1. The van der Waals surface area contributed by atoms with E-state index in [0.717, 1.165) is 17.0 Å². The van der Waals surface area contributed by atoms with Crippen LogP contribution in [0.5, 0.6) is 0 Å². The number of nitrogens with zero attached hydrogens (tertiary/aromatic N) is 4. The lowest BCUT2D eigenvalue weighted by Gasteiger charge is -2.23. The number of likely N-dealkylation sites (tertiary alicyclic amines) is 1. The van der Waals surface area contributed by atoms with Crippen molar-refractivity contribution < 1.29 is 4.79 Å². The molecule has 27 heavy (non-hydrogen) atoms. The molecule has 3 heterocycles. The van der Waals surface area contributed by atoms with Crippen LogP contribution in [0.1, 0.15) is 19.0 Å². The van der Waals surface area contributed by atoms with E-state index in [1.54, 1.807) is 6.20 Å². The van der Waals surface area contributed by atoms with Crippen molar-refractivity contribution in [3.63, 3.8) is 0 Å². The van der Waals surface area contributed by atoms with Crippen molar-refractivity contribution in [3.05, 3.63) is 54.5 Å². The first kappa shape index (κ1) is 17.6. The van der Waals surface area contributed by atoms with E-state index in [0.29, 0.717) is 31.8 Å². The average molecular weight is 364 g/mol. The molecule has 3 aromatic rings. The standard InChI is InChI=1S/C20H24N6O/c1-2-22-19(27)16-11-15(21)12-25(16)13-17-18(14-7-4-3-5-8-14)24-20-23-9-6-10-26(17)20/h3-10,15-16H,2,11-13,21H2,1H3,(H,22,27)/t15-,16+/m1/s1. The number of hydrogen-bond donors (Lipinski definition) is 2. The smallest absolute Gasteiger partial charge is 0.237 e. The maximum Gasteiger partial charge on any atom is 0.237 e. The van der Waals surface area contributed by atoms with Gasteiger partial charge in [-0.15, -0.1) is 0 Å². The Morgan fingerprint density at radius 3 is 2.89 bits per heavy atom. The third-order valence-electron chi connectivity index (χ3n) is 4.99. The monoisotopic (exact) mass is 364 g/mol. The fourth-order valence-corrected chi connectivity index (χ4v) is 3.78. The number of imidazole rings is 1. The van der Waals surface area contributed by atoms with Crippen LogP contribution in [-0.4, -0.2) is 50.3 Å². The van der Waals surface area contributed by atoms with Gasteiger partial charge in [-0.2, -0.15) is 0 Å². The van der Waals surface area contributed by atoms with E-state index in [-0.39, 0.29) is 18.0 Å². The number of nitrogens with two attached hydrogens (primary N) is 1. The van der Waals surface area contributed by atoms with Gasteiger partial charge >= 0.3 is 0 Å². The molecular formula is C20H24N6O. The zero-order valence-electron chi connectivity index (χ0n) is 15.4. The van der Waals surface area contributed by atoms with Crippen LogP contribution in [0.3, 0.4) is 0 Å². The number of hydrogen-bond acceptors (Lipinski definition) is 5. The van der Waals surface area contributed by atoms with Crippen LogP contribution in [-0.2, 0) is 11.3 Å². The predicted molar refractivity (Wildman–Crippen MR) is 104 cm³/mol. The van der Waals surface area contributed by atoms with Gasteiger partial charge in [0, 0.05) is 43.6 Å². The second kappa shape index (κ2) is 7.46. The van der Waals surface area contributed by atoms with Crippen molar-refractivity contribution in [2.75, 3.05) is 13.1 Å². The first-order valence-corrected chi connectivity index (χ1v) is 9.32. The molecule has 1 fully saturated rings. The number of aromatic nitrogens is 3. The number of carbonyl (C=O) groups is 1. The van der Waals surface area contributed by atoms with Crippen molar-refractivity contribution >= 4 is 11.7 Å². The molecule has 0 unspecified atom stereocenters. The third kappa shape index (κ3) is 3.43. The highest BCUT2D eigenvalue weighted by Crippen LogP contribution is 2.27. The Labute approximate surface area is 158 Å². The Morgan fingerprint density at radius 2 is 2.11 bits per heavy atom. The van der Waals surface area contributed by atoms with Gasteiger partial charge in [-0.25, -0.2) is 9.97 Å². The molecule has 140 valence electrons. The number of fused-ring (bicyclic) bond motifs is 1. The first-order chi connectivity index (χ1) is 13.2. The van der Waals surface area contributed by atoms with Gasteiger partial charge in [-0.1, -0.05) is 30.3 Å². The van der Waals surface area contributed by atoms with E-state index in [4.69, 9.17) is 10.7 Å². The minimum absolute atomic E-state index is 0.00454. The molecule has 2 atom stereocenters. The van der Waals surface area contributed by atoms with E-state index in [2.05, 4.69) is 15.2 Å². The zero-order chi connectivity index (χ0) is 18.8. The van der Waals surface area contributed by atoms with Gasteiger partial charge in [-0.05, 0) is 19.4 Å². The minimum Gasteiger partial charge on any atom is -0.355 e. The highest BCUT2D eigenvalue weighted by Gasteiger charge is 2.36. The van der Waals surface area contributed by atoms with Gasteiger partial charge < -0.3 is 11.1 Å². The van der Waals surface area contributed by atoms with Crippen LogP contribution in [0, 0.1) is 0 Å². The summed E-state index contributed by atoms with van der Waals surface area (Å²) < 4.78 is 2.00. The summed E-state index contributed by atoms with van der Waals surface area (Å²) in [6.07, 6.45) is 4.37. The molecule has 2 aromatic heterocycles. The Kier molecular flexibility index (Phi) is 4.87. The van der Waals surface area contributed by atoms with Gasteiger partial charge in [0.15, 0.2) is 0 Å². The van der Waals surface area contributed by atoms with Crippen molar-refractivity contribution in [1.29, 1.82) is 0 Å². The van der Waals surface area contributed by atoms with Crippen LogP contribution >= 0.6 is 0 Å².